The van der Waals surface area contributed by atoms with Crippen molar-refractivity contribution in [3.8, 4) is 11.5 Å². The number of carbonyl (C=O) groups is 1. The molecule has 1 aromatic rings. The molecule has 14 heavy (non-hydrogen) atoms. The lowest BCUT2D eigenvalue weighted by molar-refractivity contribution is 0.143. The van der Waals surface area contributed by atoms with E-state index in [2.05, 4.69) is 20.7 Å². The molecule has 2 N–H and O–H groups in total. The van der Waals surface area contributed by atoms with E-state index in [1.165, 1.54) is 6.07 Å². The third-order valence-corrected chi connectivity index (χ3v) is 2.04. The molecule has 5 heteroatoms. The first-order valence-corrected chi connectivity index (χ1v) is 5.05. The van der Waals surface area contributed by atoms with E-state index in [0.29, 0.717) is 17.3 Å². The zero-order chi connectivity index (χ0) is 10.6. The van der Waals surface area contributed by atoms with Gasteiger partial charge in [0.15, 0.2) is 11.5 Å². The second kappa shape index (κ2) is 4.85. The number of halogens is 1. The number of aromatic hydroxyl groups is 1. The number of carboxylic acid groups (broad SMARTS) is 1. The molecular weight excluding hydrogens is 252 g/mol. The highest BCUT2D eigenvalue weighted by Gasteiger charge is 2.10. The van der Waals surface area contributed by atoms with Crippen LogP contribution in [-0.4, -0.2) is 21.7 Å². The average Bonchev–Trinajstić information content (AvgIpc) is 2.11. The van der Waals surface area contributed by atoms with Gasteiger partial charge in [-0.2, -0.15) is 0 Å². The van der Waals surface area contributed by atoms with Gasteiger partial charge in [0.05, 0.1) is 0 Å². The Morgan fingerprint density at radius 2 is 2.21 bits per heavy atom. The van der Waals surface area contributed by atoms with Crippen LogP contribution in [0.5, 0.6) is 11.5 Å². The fourth-order valence-corrected chi connectivity index (χ4v) is 1.47. The molecule has 0 saturated carbocycles. The molecule has 0 spiro atoms. The maximum Gasteiger partial charge on any atom is 0.511 e. The van der Waals surface area contributed by atoms with Crippen molar-refractivity contribution in [2.45, 2.75) is 6.42 Å². The second-order valence-electron chi connectivity index (χ2n) is 2.57. The second-order valence-corrected chi connectivity index (χ2v) is 3.36. The smallest absolute Gasteiger partial charge is 0.504 e. The number of para-hydroxylation sites is 1. The van der Waals surface area contributed by atoms with E-state index >= 15 is 0 Å². The van der Waals surface area contributed by atoms with Crippen molar-refractivity contribution in [1.29, 1.82) is 0 Å². The highest BCUT2D eigenvalue weighted by atomic mass is 79.9. The van der Waals surface area contributed by atoms with Crippen molar-refractivity contribution in [2.75, 3.05) is 5.33 Å². The molecule has 0 aliphatic rings. The number of phenols is 1. The van der Waals surface area contributed by atoms with Gasteiger partial charge >= 0.3 is 6.16 Å². The summed E-state index contributed by atoms with van der Waals surface area (Å²) in [5, 5.41) is 18.6. The Labute approximate surface area is 89.3 Å². The van der Waals surface area contributed by atoms with Gasteiger partial charge in [-0.3, -0.25) is 0 Å². The van der Waals surface area contributed by atoms with E-state index in [4.69, 9.17) is 5.11 Å². The first kappa shape index (κ1) is 10.8. The molecule has 1 aromatic carbocycles. The molecule has 0 aliphatic carbocycles. The van der Waals surface area contributed by atoms with E-state index in [9.17, 15) is 9.90 Å². The summed E-state index contributed by atoms with van der Waals surface area (Å²) in [5.41, 5.74) is 0.653. The molecule has 0 amide bonds. The number of hydrogen-bond acceptors (Lipinski definition) is 3. The van der Waals surface area contributed by atoms with Crippen LogP contribution in [0.4, 0.5) is 4.79 Å². The molecule has 0 bridgehead atoms. The van der Waals surface area contributed by atoms with Gasteiger partial charge in [0.25, 0.3) is 0 Å². The molecule has 4 nitrogen and oxygen atoms in total. The van der Waals surface area contributed by atoms with Crippen LogP contribution in [0.25, 0.3) is 0 Å². The number of alkyl halides is 1. The van der Waals surface area contributed by atoms with Gasteiger partial charge in [0, 0.05) is 5.33 Å². The van der Waals surface area contributed by atoms with Crippen molar-refractivity contribution in [3.63, 3.8) is 0 Å². The monoisotopic (exact) mass is 260 g/mol. The molecule has 76 valence electrons. The van der Waals surface area contributed by atoms with Gasteiger partial charge in [-0.25, -0.2) is 4.79 Å². The number of aryl methyl sites for hydroxylation is 1. The SMILES string of the molecule is O=C(O)Oc1cccc(CCBr)c1O. The average molecular weight is 261 g/mol. The molecule has 0 aromatic heterocycles. The topological polar surface area (TPSA) is 66.8 Å². The van der Waals surface area contributed by atoms with Crippen molar-refractivity contribution in [3.05, 3.63) is 23.8 Å². The first-order chi connectivity index (χ1) is 6.65. The molecule has 0 radical (unpaired) electrons. The number of rotatable bonds is 3. The first-order valence-electron chi connectivity index (χ1n) is 3.92. The maximum absolute atomic E-state index is 10.2. The van der Waals surface area contributed by atoms with Gasteiger partial charge in [0.2, 0.25) is 0 Å². The van der Waals surface area contributed by atoms with Crippen LogP contribution >= 0.6 is 15.9 Å². The Balaban J connectivity index is 2.94. The summed E-state index contributed by atoms with van der Waals surface area (Å²) < 4.78 is 4.38. The fraction of sp³-hybridized carbons (Fsp3) is 0.222. The Bertz CT molecular complexity index is 338. The minimum Gasteiger partial charge on any atom is -0.504 e. The quantitative estimate of drug-likeness (QED) is 0.498. The summed E-state index contributed by atoms with van der Waals surface area (Å²) in [6.07, 6.45) is -0.820. The predicted octanol–water partition coefficient (Wildman–Crippen LogP) is 2.39. The summed E-state index contributed by atoms with van der Waals surface area (Å²) in [6.45, 7) is 0. The summed E-state index contributed by atoms with van der Waals surface area (Å²) in [7, 11) is 0. The van der Waals surface area contributed by atoms with E-state index in [1.54, 1.807) is 12.1 Å². The zero-order valence-corrected chi connectivity index (χ0v) is 8.82. The molecule has 0 unspecified atom stereocenters. The lowest BCUT2D eigenvalue weighted by atomic mass is 10.1. The van der Waals surface area contributed by atoms with Crippen LogP contribution in [0.2, 0.25) is 0 Å². The van der Waals surface area contributed by atoms with Crippen LogP contribution in [0.1, 0.15) is 5.56 Å². The fourth-order valence-electron chi connectivity index (χ4n) is 1.05. The predicted molar refractivity (Wildman–Crippen MR) is 54.3 cm³/mol. The summed E-state index contributed by atoms with van der Waals surface area (Å²) in [4.78, 5) is 10.2. The standard InChI is InChI=1S/C9H9BrO4/c10-5-4-6-2-1-3-7(8(6)11)14-9(12)13/h1-3,11H,4-5H2,(H,12,13). The molecule has 0 aliphatic heterocycles. The molecule has 0 fully saturated rings. The minimum absolute atomic E-state index is 0.0315. The normalized spacial score (nSPS) is 9.79. The number of phenolic OH excluding ortho intramolecular Hbond substituents is 1. The largest absolute Gasteiger partial charge is 0.511 e. The Morgan fingerprint density at radius 3 is 2.79 bits per heavy atom. The molecule has 0 saturated heterocycles. The van der Waals surface area contributed by atoms with Gasteiger partial charge in [-0.1, -0.05) is 28.1 Å². The molecule has 1 rings (SSSR count). The molecule has 0 heterocycles. The van der Waals surface area contributed by atoms with Crippen LogP contribution in [0, 0.1) is 0 Å². The van der Waals surface area contributed by atoms with Crippen LogP contribution in [0.15, 0.2) is 18.2 Å². The summed E-state index contributed by atoms with van der Waals surface area (Å²) >= 11 is 3.23. The summed E-state index contributed by atoms with van der Waals surface area (Å²) in [6, 6.07) is 4.75. The Hall–Kier alpha value is -1.23. The molecule has 0 atom stereocenters. The van der Waals surface area contributed by atoms with Crippen LogP contribution < -0.4 is 4.74 Å². The molecular formula is C9H9BrO4. The van der Waals surface area contributed by atoms with Crippen molar-refractivity contribution in [1.82, 2.24) is 0 Å². The van der Waals surface area contributed by atoms with Gasteiger partial charge < -0.3 is 14.9 Å². The Kier molecular flexibility index (Phi) is 3.76. The Morgan fingerprint density at radius 1 is 1.50 bits per heavy atom. The number of hydrogen-bond donors (Lipinski definition) is 2. The van der Waals surface area contributed by atoms with Gasteiger partial charge in [-0.05, 0) is 18.1 Å². The number of ether oxygens (including phenoxy) is 1. The lowest BCUT2D eigenvalue weighted by Gasteiger charge is -2.06. The van der Waals surface area contributed by atoms with E-state index in [0.717, 1.165) is 0 Å². The van der Waals surface area contributed by atoms with E-state index in [1.807, 2.05) is 0 Å². The maximum atomic E-state index is 10.2. The summed E-state index contributed by atoms with van der Waals surface area (Å²) in [5.74, 6) is -0.148. The van der Waals surface area contributed by atoms with Crippen molar-refractivity contribution in [2.24, 2.45) is 0 Å². The van der Waals surface area contributed by atoms with Crippen LogP contribution in [-0.2, 0) is 6.42 Å². The number of benzene rings is 1. The highest BCUT2D eigenvalue weighted by Crippen LogP contribution is 2.30. The zero-order valence-electron chi connectivity index (χ0n) is 7.24. The lowest BCUT2D eigenvalue weighted by Crippen LogP contribution is -2.03. The highest BCUT2D eigenvalue weighted by molar-refractivity contribution is 9.09. The van der Waals surface area contributed by atoms with Crippen molar-refractivity contribution < 1.29 is 19.7 Å². The third-order valence-electron chi connectivity index (χ3n) is 1.64. The minimum atomic E-state index is -1.43. The van der Waals surface area contributed by atoms with Gasteiger partial charge in [-0.15, -0.1) is 0 Å². The van der Waals surface area contributed by atoms with Crippen LogP contribution in [0.3, 0.4) is 0 Å². The van der Waals surface area contributed by atoms with E-state index in [-0.39, 0.29) is 11.5 Å². The van der Waals surface area contributed by atoms with E-state index < -0.39 is 6.16 Å². The third kappa shape index (κ3) is 2.63. The van der Waals surface area contributed by atoms with Gasteiger partial charge in [0.1, 0.15) is 0 Å². The van der Waals surface area contributed by atoms with Crippen molar-refractivity contribution >= 4 is 22.1 Å².